The second-order valence-electron chi connectivity index (χ2n) is 0.518. The van der Waals surface area contributed by atoms with E-state index in [9.17, 15) is 0 Å². The summed E-state index contributed by atoms with van der Waals surface area (Å²) in [5.74, 6) is 2.48. The van der Waals surface area contributed by atoms with Gasteiger partial charge >= 0.3 is 0 Å². The van der Waals surface area contributed by atoms with Gasteiger partial charge < -0.3 is 0 Å². The summed E-state index contributed by atoms with van der Waals surface area (Å²) in [5, 5.41) is 0. The van der Waals surface area contributed by atoms with Crippen LogP contribution in [0.15, 0.2) is 10.5 Å². The number of rotatable bonds is 0. The molecule has 0 aromatic carbocycles. The van der Waals surface area contributed by atoms with Gasteiger partial charge in [-0.15, -0.1) is 0 Å². The van der Waals surface area contributed by atoms with Gasteiger partial charge in [0.15, 0.2) is 0 Å². The summed E-state index contributed by atoms with van der Waals surface area (Å²) in [6, 6.07) is 0. The van der Waals surface area contributed by atoms with Crippen molar-refractivity contribution in [3.63, 3.8) is 0 Å². The first-order chi connectivity index (χ1) is 2.41. The van der Waals surface area contributed by atoms with Crippen LogP contribution < -0.4 is 0 Å². The summed E-state index contributed by atoms with van der Waals surface area (Å²) in [7, 11) is 0. The standard InChI is InChI=1S/C3H5NS/c1-2-3-4-5/h2,5H,1H3. The van der Waals surface area contributed by atoms with E-state index in [1.165, 1.54) is 0 Å². The molecule has 0 spiro atoms. The van der Waals surface area contributed by atoms with Crippen molar-refractivity contribution in [3.05, 3.63) is 6.08 Å². The van der Waals surface area contributed by atoms with Crippen LogP contribution in [0, 0.1) is 0 Å². The van der Waals surface area contributed by atoms with Crippen molar-refractivity contribution in [2.75, 3.05) is 0 Å². The smallest absolute Gasteiger partial charge is 0.00959 e. The van der Waals surface area contributed by atoms with E-state index >= 15 is 0 Å². The Bertz CT molecular complexity index is 55.3. The lowest BCUT2D eigenvalue weighted by molar-refractivity contribution is 1.82. The zero-order valence-corrected chi connectivity index (χ0v) is 3.87. The average molecular weight is 87.1 g/mol. The minimum Gasteiger partial charge on any atom is -0.177 e. The highest BCUT2D eigenvalue weighted by molar-refractivity contribution is 7.78. The van der Waals surface area contributed by atoms with E-state index in [1.807, 2.05) is 6.92 Å². The summed E-state index contributed by atoms with van der Waals surface area (Å²) in [4.78, 5) is 0. The van der Waals surface area contributed by atoms with Crippen LogP contribution in [0.5, 0.6) is 0 Å². The summed E-state index contributed by atoms with van der Waals surface area (Å²) in [6.07, 6.45) is 1.69. The Hall–Kier alpha value is -0.200. The topological polar surface area (TPSA) is 12.4 Å². The molecule has 2 heteroatoms. The average Bonchev–Trinajstić information content (AvgIpc) is 1.41. The van der Waals surface area contributed by atoms with Gasteiger partial charge in [-0.1, -0.05) is 0 Å². The van der Waals surface area contributed by atoms with Crippen LogP contribution in [0.3, 0.4) is 0 Å². The number of hydrogen-bond donors (Lipinski definition) is 1. The van der Waals surface area contributed by atoms with Gasteiger partial charge in [-0.05, 0) is 31.7 Å². The van der Waals surface area contributed by atoms with Crippen LogP contribution in [-0.4, -0.2) is 5.87 Å². The van der Waals surface area contributed by atoms with Gasteiger partial charge in [0.05, 0.1) is 0 Å². The SMILES string of the molecule is CC=C=NS. The molecule has 0 heterocycles. The Kier molecular flexibility index (Phi) is 3.65. The van der Waals surface area contributed by atoms with Crippen molar-refractivity contribution in [2.24, 2.45) is 4.40 Å². The maximum atomic E-state index is 3.48. The third kappa shape index (κ3) is 3.80. The molecule has 0 amide bonds. The zero-order chi connectivity index (χ0) is 4.12. The van der Waals surface area contributed by atoms with Gasteiger partial charge in [0.25, 0.3) is 0 Å². The minimum absolute atomic E-state index is 1.69. The number of nitrogens with zero attached hydrogens (tertiary/aromatic N) is 1. The highest BCUT2D eigenvalue weighted by Gasteiger charge is 1.36. The van der Waals surface area contributed by atoms with Gasteiger partial charge in [-0.2, -0.15) is 4.40 Å². The lowest BCUT2D eigenvalue weighted by Gasteiger charge is -1.48. The molecule has 0 bridgehead atoms. The van der Waals surface area contributed by atoms with Crippen molar-refractivity contribution < 1.29 is 0 Å². The molecule has 0 atom stereocenters. The monoisotopic (exact) mass is 87.0 g/mol. The predicted octanol–water partition coefficient (Wildman–Crippen LogP) is 1.08. The lowest BCUT2D eigenvalue weighted by atomic mass is 10.8. The first-order valence-electron chi connectivity index (χ1n) is 1.29. The normalized spacial score (nSPS) is 5.20. The van der Waals surface area contributed by atoms with Crippen LogP contribution in [0.25, 0.3) is 0 Å². The number of hydrogen-bond acceptors (Lipinski definition) is 2. The third-order valence-corrected chi connectivity index (χ3v) is 0.302. The molecule has 0 N–H and O–H groups in total. The fourth-order valence-corrected chi connectivity index (χ4v) is 0.173. The number of thiol groups is 1. The van der Waals surface area contributed by atoms with Crippen LogP contribution in [-0.2, 0) is 0 Å². The van der Waals surface area contributed by atoms with E-state index in [-0.39, 0.29) is 0 Å². The Balaban J connectivity index is 3.26. The van der Waals surface area contributed by atoms with E-state index in [2.05, 4.69) is 23.1 Å². The lowest BCUT2D eigenvalue weighted by Crippen LogP contribution is -1.35. The Labute approximate surface area is 37.0 Å². The van der Waals surface area contributed by atoms with E-state index < -0.39 is 0 Å². The van der Waals surface area contributed by atoms with Crippen molar-refractivity contribution in [1.82, 2.24) is 0 Å². The highest BCUT2D eigenvalue weighted by atomic mass is 32.1. The Morgan fingerprint density at radius 1 is 2.00 bits per heavy atom. The van der Waals surface area contributed by atoms with Crippen molar-refractivity contribution in [1.29, 1.82) is 0 Å². The van der Waals surface area contributed by atoms with Gasteiger partial charge in [-0.25, -0.2) is 0 Å². The van der Waals surface area contributed by atoms with Crippen molar-refractivity contribution in [3.8, 4) is 0 Å². The quantitative estimate of drug-likeness (QED) is 0.335. The van der Waals surface area contributed by atoms with E-state index in [0.717, 1.165) is 0 Å². The molecule has 0 aromatic rings. The van der Waals surface area contributed by atoms with Gasteiger partial charge in [0.1, 0.15) is 0 Å². The molecule has 0 aliphatic carbocycles. The second-order valence-corrected chi connectivity index (χ2v) is 0.718. The van der Waals surface area contributed by atoms with Crippen molar-refractivity contribution in [2.45, 2.75) is 6.92 Å². The van der Waals surface area contributed by atoms with Crippen LogP contribution >= 0.6 is 12.8 Å². The molecule has 28 valence electrons. The maximum Gasteiger partial charge on any atom is -0.00959 e. The Morgan fingerprint density at radius 2 is 2.60 bits per heavy atom. The molecule has 0 fully saturated rings. The largest absolute Gasteiger partial charge is 0.177 e. The molecule has 5 heavy (non-hydrogen) atoms. The third-order valence-electron chi connectivity index (χ3n) is 0.187. The van der Waals surface area contributed by atoms with Crippen molar-refractivity contribution >= 4 is 18.7 Å². The molecule has 0 saturated carbocycles. The molecule has 1 nitrogen and oxygen atoms in total. The zero-order valence-electron chi connectivity index (χ0n) is 2.97. The molecule has 0 rings (SSSR count). The fourth-order valence-electron chi connectivity index (χ4n) is 0.0577. The fraction of sp³-hybridized carbons (Fsp3) is 0.333. The maximum absolute atomic E-state index is 3.48. The molecule has 0 aliphatic rings. The molecule has 0 aliphatic heterocycles. The highest BCUT2D eigenvalue weighted by Crippen LogP contribution is 1.62. The molecule has 0 unspecified atom stereocenters. The van der Waals surface area contributed by atoms with E-state index in [4.69, 9.17) is 0 Å². The molecular formula is C3H5NS. The molecule has 0 radical (unpaired) electrons. The summed E-state index contributed by atoms with van der Waals surface area (Å²) < 4.78 is 3.24. The minimum atomic E-state index is 1.69. The van der Waals surface area contributed by atoms with E-state index in [0.29, 0.717) is 0 Å². The summed E-state index contributed by atoms with van der Waals surface area (Å²) in [5.41, 5.74) is 0. The van der Waals surface area contributed by atoms with Gasteiger partial charge in [0.2, 0.25) is 0 Å². The van der Waals surface area contributed by atoms with Crippen LogP contribution in [0.2, 0.25) is 0 Å². The first-order valence-corrected chi connectivity index (χ1v) is 1.69. The second kappa shape index (κ2) is 3.80. The van der Waals surface area contributed by atoms with Crippen LogP contribution in [0.1, 0.15) is 6.92 Å². The van der Waals surface area contributed by atoms with Gasteiger partial charge in [0, 0.05) is 0 Å². The Morgan fingerprint density at radius 3 is 2.60 bits per heavy atom. The molecule has 0 aromatic heterocycles. The molecule has 0 saturated heterocycles. The van der Waals surface area contributed by atoms with Crippen LogP contribution in [0.4, 0.5) is 0 Å². The summed E-state index contributed by atoms with van der Waals surface area (Å²) >= 11 is 3.48. The van der Waals surface area contributed by atoms with E-state index in [1.54, 1.807) is 6.08 Å². The summed E-state index contributed by atoms with van der Waals surface area (Å²) in [6.45, 7) is 1.83. The molecular weight excluding hydrogens is 82.1 g/mol. The van der Waals surface area contributed by atoms with Gasteiger partial charge in [-0.3, -0.25) is 0 Å². The first kappa shape index (κ1) is 4.80. The number of allylic oxidation sites excluding steroid dienone is 1. The predicted molar refractivity (Wildman–Crippen MR) is 26.7 cm³/mol.